The Labute approximate surface area is 68.9 Å². The van der Waals surface area contributed by atoms with Crippen molar-refractivity contribution in [1.82, 2.24) is 0 Å². The molecule has 1 rings (SSSR count). The van der Waals surface area contributed by atoms with Gasteiger partial charge in [-0.3, -0.25) is 0 Å². The SMILES string of the molecule is C#CC1([SH](=O)=O)CCCCC1. The summed E-state index contributed by atoms with van der Waals surface area (Å²) in [7, 11) is -2.44. The van der Waals surface area contributed by atoms with Crippen molar-refractivity contribution >= 4 is 10.7 Å². The molecule has 0 atom stereocenters. The maximum Gasteiger partial charge on any atom is 0.157 e. The molecule has 0 bridgehead atoms. The molecule has 0 aromatic heterocycles. The quantitative estimate of drug-likeness (QED) is 0.471. The minimum atomic E-state index is -2.44. The molecule has 0 aliphatic heterocycles. The summed E-state index contributed by atoms with van der Waals surface area (Å²) in [6.45, 7) is 0. The molecule has 1 saturated carbocycles. The van der Waals surface area contributed by atoms with E-state index < -0.39 is 15.5 Å². The van der Waals surface area contributed by atoms with E-state index in [1.807, 2.05) is 0 Å². The Kier molecular flexibility index (Phi) is 2.56. The van der Waals surface area contributed by atoms with Gasteiger partial charge in [0.2, 0.25) is 0 Å². The smallest absolute Gasteiger partial charge is 0.157 e. The van der Waals surface area contributed by atoms with Gasteiger partial charge in [-0.1, -0.05) is 25.2 Å². The highest BCUT2D eigenvalue weighted by Crippen LogP contribution is 2.30. The first-order valence-electron chi connectivity index (χ1n) is 3.83. The summed E-state index contributed by atoms with van der Waals surface area (Å²) in [4.78, 5) is 0. The van der Waals surface area contributed by atoms with Crippen molar-refractivity contribution in [3.05, 3.63) is 0 Å². The second-order valence-corrected chi connectivity index (χ2v) is 4.36. The summed E-state index contributed by atoms with van der Waals surface area (Å²) in [5.74, 6) is 2.42. The third-order valence-corrected chi connectivity index (χ3v) is 3.57. The van der Waals surface area contributed by atoms with Crippen molar-refractivity contribution in [2.24, 2.45) is 0 Å². The van der Waals surface area contributed by atoms with Crippen molar-refractivity contribution in [3.8, 4) is 12.3 Å². The molecule has 1 aliphatic carbocycles. The third kappa shape index (κ3) is 1.57. The fraction of sp³-hybridized carbons (Fsp3) is 0.750. The standard InChI is InChI=1S/C8H12O2S/c1-2-8(11(9)10)6-4-3-5-7-8/h1,11H,3-7H2. The van der Waals surface area contributed by atoms with Crippen LogP contribution in [0.15, 0.2) is 0 Å². The van der Waals surface area contributed by atoms with Gasteiger partial charge in [0.15, 0.2) is 10.7 Å². The molecule has 11 heavy (non-hydrogen) atoms. The molecule has 1 fully saturated rings. The van der Waals surface area contributed by atoms with Crippen molar-refractivity contribution in [3.63, 3.8) is 0 Å². The van der Waals surface area contributed by atoms with Crippen molar-refractivity contribution in [1.29, 1.82) is 0 Å². The van der Waals surface area contributed by atoms with Gasteiger partial charge in [-0.15, -0.1) is 6.42 Å². The molecule has 0 amide bonds. The predicted molar refractivity (Wildman–Crippen MR) is 45.0 cm³/mol. The minimum absolute atomic E-state index is 0.655. The Hall–Kier alpha value is -0.490. The third-order valence-electron chi connectivity index (χ3n) is 2.30. The summed E-state index contributed by atoms with van der Waals surface area (Å²) in [5, 5.41) is 0. The topological polar surface area (TPSA) is 34.1 Å². The summed E-state index contributed by atoms with van der Waals surface area (Å²) >= 11 is 0. The molecule has 0 radical (unpaired) electrons. The molecule has 0 spiro atoms. The molecular formula is C8H12O2S. The predicted octanol–water partition coefficient (Wildman–Crippen LogP) is 0.934. The van der Waals surface area contributed by atoms with Gasteiger partial charge >= 0.3 is 0 Å². The number of rotatable bonds is 1. The Morgan fingerprint density at radius 3 is 2.00 bits per heavy atom. The highest BCUT2D eigenvalue weighted by molar-refractivity contribution is 7.74. The van der Waals surface area contributed by atoms with E-state index in [9.17, 15) is 8.42 Å². The van der Waals surface area contributed by atoms with Gasteiger partial charge in [-0.25, -0.2) is 8.42 Å². The van der Waals surface area contributed by atoms with Crippen molar-refractivity contribution < 1.29 is 8.42 Å². The van der Waals surface area contributed by atoms with E-state index in [2.05, 4.69) is 5.92 Å². The zero-order chi connectivity index (χ0) is 8.32. The summed E-state index contributed by atoms with van der Waals surface area (Å²) in [6, 6.07) is 0. The van der Waals surface area contributed by atoms with Gasteiger partial charge in [0.25, 0.3) is 0 Å². The monoisotopic (exact) mass is 172 g/mol. The lowest BCUT2D eigenvalue weighted by Gasteiger charge is -2.25. The lowest BCUT2D eigenvalue weighted by Crippen LogP contribution is -2.31. The van der Waals surface area contributed by atoms with Crippen LogP contribution < -0.4 is 0 Å². The Balaban J connectivity index is 2.83. The van der Waals surface area contributed by atoms with Crippen molar-refractivity contribution in [2.45, 2.75) is 36.9 Å². The van der Waals surface area contributed by atoms with Gasteiger partial charge < -0.3 is 0 Å². The molecule has 0 heterocycles. The fourth-order valence-corrected chi connectivity index (χ4v) is 2.30. The van der Waals surface area contributed by atoms with Crippen LogP contribution in [0.2, 0.25) is 0 Å². The normalized spacial score (nSPS) is 22.9. The Bertz CT molecular complexity index is 233. The molecule has 0 unspecified atom stereocenters. The van der Waals surface area contributed by atoms with Crippen LogP contribution in [-0.4, -0.2) is 13.2 Å². The zero-order valence-electron chi connectivity index (χ0n) is 6.38. The van der Waals surface area contributed by atoms with Crippen LogP contribution >= 0.6 is 0 Å². The second-order valence-electron chi connectivity index (χ2n) is 2.99. The van der Waals surface area contributed by atoms with Crippen LogP contribution in [0.1, 0.15) is 32.1 Å². The van der Waals surface area contributed by atoms with E-state index in [0.29, 0.717) is 12.8 Å². The Morgan fingerprint density at radius 2 is 1.73 bits per heavy atom. The molecule has 1 aliphatic rings. The van der Waals surface area contributed by atoms with Crippen LogP contribution in [0, 0.1) is 12.3 Å². The van der Waals surface area contributed by atoms with E-state index >= 15 is 0 Å². The highest BCUT2D eigenvalue weighted by atomic mass is 32.2. The van der Waals surface area contributed by atoms with Gasteiger partial charge in [-0.05, 0) is 12.8 Å². The lowest BCUT2D eigenvalue weighted by molar-refractivity contribution is 0.441. The van der Waals surface area contributed by atoms with E-state index in [0.717, 1.165) is 19.3 Å². The Morgan fingerprint density at radius 1 is 1.18 bits per heavy atom. The first-order valence-corrected chi connectivity index (χ1v) is 5.01. The van der Waals surface area contributed by atoms with E-state index in [1.165, 1.54) is 0 Å². The van der Waals surface area contributed by atoms with E-state index in [-0.39, 0.29) is 0 Å². The average Bonchev–Trinajstić information content (AvgIpc) is 2.05. The van der Waals surface area contributed by atoms with Crippen molar-refractivity contribution in [2.75, 3.05) is 0 Å². The number of thiol groups is 1. The molecular weight excluding hydrogens is 160 g/mol. The first kappa shape index (κ1) is 8.61. The zero-order valence-corrected chi connectivity index (χ0v) is 7.27. The summed E-state index contributed by atoms with van der Waals surface area (Å²) < 4.78 is 20.8. The lowest BCUT2D eigenvalue weighted by atomic mass is 9.89. The molecule has 62 valence electrons. The second kappa shape index (κ2) is 3.27. The van der Waals surface area contributed by atoms with Crippen LogP contribution in [-0.2, 0) is 10.7 Å². The maximum atomic E-state index is 10.8. The van der Waals surface area contributed by atoms with Gasteiger partial charge in [0.1, 0.15) is 4.75 Å². The van der Waals surface area contributed by atoms with Gasteiger partial charge in [-0.2, -0.15) is 0 Å². The number of hydrogen-bond acceptors (Lipinski definition) is 2. The largest absolute Gasteiger partial charge is 0.230 e. The number of terminal acetylenes is 1. The molecule has 0 saturated heterocycles. The molecule has 0 aromatic rings. The average molecular weight is 172 g/mol. The van der Waals surface area contributed by atoms with Crippen LogP contribution in [0.3, 0.4) is 0 Å². The van der Waals surface area contributed by atoms with E-state index in [4.69, 9.17) is 6.42 Å². The van der Waals surface area contributed by atoms with Gasteiger partial charge in [0, 0.05) is 0 Å². The molecule has 2 nitrogen and oxygen atoms in total. The highest BCUT2D eigenvalue weighted by Gasteiger charge is 2.32. The minimum Gasteiger partial charge on any atom is -0.230 e. The molecule has 0 N–H and O–H groups in total. The van der Waals surface area contributed by atoms with E-state index in [1.54, 1.807) is 0 Å². The summed E-state index contributed by atoms with van der Waals surface area (Å²) in [6.07, 6.45) is 9.54. The van der Waals surface area contributed by atoms with Crippen LogP contribution in [0.4, 0.5) is 0 Å². The fourth-order valence-electron chi connectivity index (χ4n) is 1.52. The van der Waals surface area contributed by atoms with Crippen LogP contribution in [0.5, 0.6) is 0 Å². The molecule has 3 heteroatoms. The first-order chi connectivity index (χ1) is 5.21. The summed E-state index contributed by atoms with van der Waals surface area (Å²) in [5.41, 5.74) is 0. The molecule has 0 aromatic carbocycles. The van der Waals surface area contributed by atoms with Gasteiger partial charge in [0.05, 0.1) is 0 Å². The maximum absolute atomic E-state index is 10.8. The van der Waals surface area contributed by atoms with Crippen LogP contribution in [0.25, 0.3) is 0 Å². The number of hydrogen-bond donors (Lipinski definition) is 1.